The molecule has 2 saturated heterocycles. The second-order valence-corrected chi connectivity index (χ2v) is 11.1. The van der Waals surface area contributed by atoms with Gasteiger partial charge in [0.05, 0.1) is 19.1 Å². The predicted octanol–water partition coefficient (Wildman–Crippen LogP) is 4.34. The second kappa shape index (κ2) is 11.1. The maximum atomic E-state index is 13.9. The van der Waals surface area contributed by atoms with Crippen molar-refractivity contribution >= 4 is 29.1 Å². The van der Waals surface area contributed by atoms with Crippen LogP contribution in [0.3, 0.4) is 0 Å². The normalized spacial score (nSPS) is 19.4. The van der Waals surface area contributed by atoms with Gasteiger partial charge in [0.2, 0.25) is 11.8 Å². The molecular weight excluding hydrogens is 498 g/mol. The number of thiophene rings is 1. The Morgan fingerprint density at radius 2 is 1.74 bits per heavy atom. The number of likely N-dealkylation sites (tertiary alicyclic amines) is 1. The smallest absolute Gasteiger partial charge is 0.256 e. The maximum absolute atomic E-state index is 13.9. The molecule has 2 fully saturated rings. The number of nitrogens with zero attached hydrogens (tertiary/aromatic N) is 2. The van der Waals surface area contributed by atoms with Crippen molar-refractivity contribution in [2.75, 3.05) is 19.7 Å². The summed E-state index contributed by atoms with van der Waals surface area (Å²) in [7, 11) is 0. The number of piperidine rings is 1. The van der Waals surface area contributed by atoms with Gasteiger partial charge in [-0.1, -0.05) is 54.1 Å². The van der Waals surface area contributed by atoms with E-state index in [0.717, 1.165) is 16.0 Å². The van der Waals surface area contributed by atoms with Crippen LogP contribution >= 0.6 is 11.3 Å². The van der Waals surface area contributed by atoms with E-state index in [2.05, 4.69) is 5.32 Å². The van der Waals surface area contributed by atoms with Crippen LogP contribution in [0.5, 0.6) is 0 Å². The molecule has 1 aromatic heterocycles. The van der Waals surface area contributed by atoms with E-state index in [0.29, 0.717) is 37.9 Å². The molecule has 2 aliphatic rings. The van der Waals surface area contributed by atoms with Crippen molar-refractivity contribution in [1.82, 2.24) is 15.1 Å². The van der Waals surface area contributed by atoms with Crippen LogP contribution in [0.15, 0.2) is 72.1 Å². The van der Waals surface area contributed by atoms with Gasteiger partial charge in [0, 0.05) is 36.4 Å². The van der Waals surface area contributed by atoms with Gasteiger partial charge in [0.1, 0.15) is 11.8 Å². The van der Waals surface area contributed by atoms with Crippen LogP contribution in [0, 0.1) is 6.92 Å². The molecule has 2 aromatic carbocycles. The largest absolute Gasteiger partial charge is 0.353 e. The fourth-order valence-electron chi connectivity index (χ4n) is 5.32. The molecule has 0 unspecified atom stereocenters. The lowest BCUT2D eigenvalue weighted by atomic mass is 9.96. The number of carbonyl (C=O) groups is 3. The van der Waals surface area contributed by atoms with Gasteiger partial charge in [0.25, 0.3) is 5.91 Å². The van der Waals surface area contributed by atoms with Crippen LogP contribution in [0.2, 0.25) is 0 Å². The summed E-state index contributed by atoms with van der Waals surface area (Å²) < 4.78 is 6.32. The van der Waals surface area contributed by atoms with E-state index < -0.39 is 11.8 Å². The van der Waals surface area contributed by atoms with E-state index in [-0.39, 0.29) is 30.4 Å². The first kappa shape index (κ1) is 26.1. The lowest BCUT2D eigenvalue weighted by molar-refractivity contribution is -0.143. The van der Waals surface area contributed by atoms with E-state index in [9.17, 15) is 14.4 Å². The molecular formula is C30H33N3O4S. The average Bonchev–Trinajstić information content (AvgIpc) is 3.57. The Hall–Kier alpha value is -3.49. The zero-order valence-electron chi connectivity index (χ0n) is 21.8. The monoisotopic (exact) mass is 531 g/mol. The van der Waals surface area contributed by atoms with Crippen molar-refractivity contribution in [3.63, 3.8) is 0 Å². The number of aryl methyl sites for hydroxylation is 1. The maximum Gasteiger partial charge on any atom is 0.256 e. The highest BCUT2D eigenvalue weighted by Gasteiger charge is 2.54. The van der Waals surface area contributed by atoms with Crippen LogP contribution in [0.25, 0.3) is 0 Å². The van der Waals surface area contributed by atoms with Crippen LogP contribution in [0.4, 0.5) is 0 Å². The minimum absolute atomic E-state index is 0.0719. The molecule has 7 nitrogen and oxygen atoms in total. The third-order valence-corrected chi connectivity index (χ3v) is 8.42. The van der Waals surface area contributed by atoms with Gasteiger partial charge in [-0.3, -0.25) is 19.3 Å². The third-order valence-electron chi connectivity index (χ3n) is 7.54. The summed E-state index contributed by atoms with van der Waals surface area (Å²) in [5.74, 6) is -0.397. The molecule has 0 saturated carbocycles. The van der Waals surface area contributed by atoms with E-state index in [1.807, 2.05) is 78.7 Å². The highest BCUT2D eigenvalue weighted by molar-refractivity contribution is 7.10. The summed E-state index contributed by atoms with van der Waals surface area (Å²) in [5, 5.41) is 5.05. The van der Waals surface area contributed by atoms with E-state index >= 15 is 0 Å². The molecule has 0 bridgehead atoms. The fraction of sp³-hybridized carbons (Fsp3) is 0.367. The lowest BCUT2D eigenvalue weighted by Gasteiger charge is -2.44. The van der Waals surface area contributed by atoms with Gasteiger partial charge in [-0.25, -0.2) is 0 Å². The summed E-state index contributed by atoms with van der Waals surface area (Å²) in [5.41, 5.74) is 1.63. The molecule has 2 aliphatic heterocycles. The van der Waals surface area contributed by atoms with E-state index in [1.165, 1.54) is 0 Å². The topological polar surface area (TPSA) is 79.0 Å². The van der Waals surface area contributed by atoms with Gasteiger partial charge in [-0.15, -0.1) is 11.3 Å². The first-order valence-corrected chi connectivity index (χ1v) is 13.9. The lowest BCUT2D eigenvalue weighted by Crippen LogP contribution is -2.60. The van der Waals surface area contributed by atoms with Crippen molar-refractivity contribution < 1.29 is 19.1 Å². The molecule has 3 aromatic rings. The SMILES string of the molecule is Cc1ccc(C(=O)N2[C@@H](C(=O)N[C@@H](C)c3ccccc3)COC23CCN(C(=O)Cc2cccs2)CC3)cc1. The number of hydrogen-bond acceptors (Lipinski definition) is 5. The van der Waals surface area contributed by atoms with Crippen molar-refractivity contribution in [2.45, 2.75) is 50.9 Å². The number of benzene rings is 2. The zero-order chi connectivity index (χ0) is 26.7. The molecule has 8 heteroatoms. The number of nitrogens with one attached hydrogen (secondary N) is 1. The summed E-state index contributed by atoms with van der Waals surface area (Å²) in [4.78, 5) is 44.9. The van der Waals surface area contributed by atoms with Crippen molar-refractivity contribution in [1.29, 1.82) is 0 Å². The van der Waals surface area contributed by atoms with Gasteiger partial charge in [-0.05, 0) is 43.0 Å². The minimum Gasteiger partial charge on any atom is -0.353 e. The highest BCUT2D eigenvalue weighted by atomic mass is 32.1. The quantitative estimate of drug-likeness (QED) is 0.514. The molecule has 0 radical (unpaired) electrons. The molecule has 1 spiro atoms. The molecule has 5 rings (SSSR count). The summed E-state index contributed by atoms with van der Waals surface area (Å²) in [6.45, 7) is 4.96. The summed E-state index contributed by atoms with van der Waals surface area (Å²) in [6, 6.07) is 20.1. The van der Waals surface area contributed by atoms with E-state index in [4.69, 9.17) is 4.74 Å². The average molecular weight is 532 g/mol. The van der Waals surface area contributed by atoms with Gasteiger partial charge in [-0.2, -0.15) is 0 Å². The van der Waals surface area contributed by atoms with Gasteiger partial charge < -0.3 is 15.0 Å². The van der Waals surface area contributed by atoms with Gasteiger partial charge in [0.15, 0.2) is 0 Å². The number of amides is 3. The minimum atomic E-state index is -0.931. The number of rotatable bonds is 6. The molecule has 198 valence electrons. The fourth-order valence-corrected chi connectivity index (χ4v) is 6.01. The van der Waals surface area contributed by atoms with Crippen LogP contribution in [0.1, 0.15) is 52.2 Å². The Bertz CT molecular complexity index is 1270. The van der Waals surface area contributed by atoms with Gasteiger partial charge >= 0.3 is 0 Å². The molecule has 38 heavy (non-hydrogen) atoms. The number of carbonyl (C=O) groups excluding carboxylic acids is 3. The second-order valence-electron chi connectivity index (χ2n) is 10.1. The Balaban J connectivity index is 1.35. The van der Waals surface area contributed by atoms with Crippen LogP contribution in [-0.4, -0.2) is 59.0 Å². The third kappa shape index (κ3) is 5.37. The standard InChI is InChI=1S/C30H33N3O4S/c1-21-10-12-24(13-11-21)29(36)33-26(28(35)31-22(2)23-7-4-3-5-8-23)20-37-30(33)14-16-32(17-15-30)27(34)19-25-9-6-18-38-25/h3-13,18,22,26H,14-17,19-20H2,1-2H3,(H,31,35)/t22-,26+/m0/s1. The molecule has 3 heterocycles. The number of ether oxygens (including phenoxy) is 1. The Morgan fingerprint density at radius 1 is 1.03 bits per heavy atom. The molecule has 0 aliphatic carbocycles. The summed E-state index contributed by atoms with van der Waals surface area (Å²) in [6.07, 6.45) is 1.29. The molecule has 1 N–H and O–H groups in total. The van der Waals surface area contributed by atoms with Crippen LogP contribution in [-0.2, 0) is 20.7 Å². The molecule has 3 amide bonds. The summed E-state index contributed by atoms with van der Waals surface area (Å²) >= 11 is 1.57. The van der Waals surface area contributed by atoms with Crippen molar-refractivity contribution in [3.05, 3.63) is 93.7 Å². The Morgan fingerprint density at radius 3 is 2.39 bits per heavy atom. The molecule has 2 atom stereocenters. The highest BCUT2D eigenvalue weighted by Crippen LogP contribution is 2.39. The predicted molar refractivity (Wildman–Crippen MR) is 147 cm³/mol. The number of hydrogen-bond donors (Lipinski definition) is 1. The first-order valence-electron chi connectivity index (χ1n) is 13.1. The Labute approximate surface area is 227 Å². The Kier molecular flexibility index (Phi) is 7.63. The van der Waals surface area contributed by atoms with Crippen LogP contribution < -0.4 is 5.32 Å². The van der Waals surface area contributed by atoms with E-state index in [1.54, 1.807) is 28.4 Å². The van der Waals surface area contributed by atoms with Crippen molar-refractivity contribution in [3.8, 4) is 0 Å². The zero-order valence-corrected chi connectivity index (χ0v) is 22.6. The first-order chi connectivity index (χ1) is 18.4. The van der Waals surface area contributed by atoms with Crippen molar-refractivity contribution in [2.24, 2.45) is 0 Å².